The van der Waals surface area contributed by atoms with Crippen LogP contribution in [0.4, 0.5) is 0 Å². The lowest BCUT2D eigenvalue weighted by Gasteiger charge is -2.33. The minimum Gasteiger partial charge on any atom is -0.493 e. The molecule has 2 rings (SSSR count). The van der Waals surface area contributed by atoms with Gasteiger partial charge >= 0.3 is 5.97 Å². The molecule has 8 heteroatoms. The number of morpholine rings is 1. The molecule has 156 valence electrons. The summed E-state index contributed by atoms with van der Waals surface area (Å²) in [4.78, 5) is 29.4. The van der Waals surface area contributed by atoms with Gasteiger partial charge in [0.2, 0.25) is 11.7 Å². The van der Waals surface area contributed by atoms with Gasteiger partial charge in [0.15, 0.2) is 11.5 Å². The van der Waals surface area contributed by atoms with Crippen molar-refractivity contribution in [3.63, 3.8) is 0 Å². The second kappa shape index (κ2) is 10.9. The van der Waals surface area contributed by atoms with Crippen molar-refractivity contribution in [2.75, 3.05) is 53.6 Å². The van der Waals surface area contributed by atoms with E-state index in [1.165, 1.54) is 14.2 Å². The van der Waals surface area contributed by atoms with Crippen molar-refractivity contribution in [3.05, 3.63) is 18.2 Å². The SMILES string of the molecule is CCN(CC)C(=O)CC(C(=O)Oc1c(OC)cccc1OC)N1CCOCC1. The molecule has 1 aliphatic rings. The summed E-state index contributed by atoms with van der Waals surface area (Å²) in [6.45, 7) is 7.19. The maximum Gasteiger partial charge on any atom is 0.329 e. The van der Waals surface area contributed by atoms with Crippen molar-refractivity contribution in [2.24, 2.45) is 0 Å². The smallest absolute Gasteiger partial charge is 0.329 e. The van der Waals surface area contributed by atoms with E-state index in [9.17, 15) is 9.59 Å². The first-order valence-corrected chi connectivity index (χ1v) is 9.57. The fraction of sp³-hybridized carbons (Fsp3) is 0.600. The van der Waals surface area contributed by atoms with Crippen LogP contribution in [0.1, 0.15) is 20.3 Å². The topological polar surface area (TPSA) is 77.5 Å². The average Bonchev–Trinajstić information content (AvgIpc) is 2.73. The Morgan fingerprint density at radius 3 is 2.18 bits per heavy atom. The first-order valence-electron chi connectivity index (χ1n) is 9.57. The van der Waals surface area contributed by atoms with Crippen LogP contribution in [-0.2, 0) is 14.3 Å². The summed E-state index contributed by atoms with van der Waals surface area (Å²) in [6, 6.07) is 4.43. The van der Waals surface area contributed by atoms with Gasteiger partial charge in [0.25, 0.3) is 0 Å². The molecule has 1 saturated heterocycles. The highest BCUT2D eigenvalue weighted by Gasteiger charge is 2.33. The Hall–Kier alpha value is -2.32. The number of hydrogen-bond acceptors (Lipinski definition) is 7. The molecule has 0 N–H and O–H groups in total. The van der Waals surface area contributed by atoms with Crippen molar-refractivity contribution in [1.82, 2.24) is 9.80 Å². The Bertz CT molecular complexity index is 634. The lowest BCUT2D eigenvalue weighted by Crippen LogP contribution is -2.51. The maximum atomic E-state index is 13.1. The monoisotopic (exact) mass is 394 g/mol. The van der Waals surface area contributed by atoms with Crippen LogP contribution in [0.2, 0.25) is 0 Å². The number of para-hydroxylation sites is 1. The molecule has 1 amide bonds. The predicted molar refractivity (Wildman–Crippen MR) is 104 cm³/mol. The molecule has 0 radical (unpaired) electrons. The average molecular weight is 394 g/mol. The first-order chi connectivity index (χ1) is 13.5. The van der Waals surface area contributed by atoms with Crippen molar-refractivity contribution in [1.29, 1.82) is 0 Å². The van der Waals surface area contributed by atoms with Crippen LogP contribution in [-0.4, -0.2) is 81.3 Å². The minimum atomic E-state index is -0.702. The van der Waals surface area contributed by atoms with E-state index in [1.807, 2.05) is 18.7 Å². The molecule has 1 aromatic carbocycles. The highest BCUT2D eigenvalue weighted by molar-refractivity contribution is 5.87. The summed E-state index contributed by atoms with van der Waals surface area (Å²) < 4.78 is 21.7. The molecule has 28 heavy (non-hydrogen) atoms. The molecule has 8 nitrogen and oxygen atoms in total. The van der Waals surface area contributed by atoms with Gasteiger partial charge in [-0.05, 0) is 26.0 Å². The number of rotatable bonds is 9. The van der Waals surface area contributed by atoms with Crippen molar-refractivity contribution >= 4 is 11.9 Å². The summed E-state index contributed by atoms with van der Waals surface area (Å²) in [6.07, 6.45) is 0.0535. The molecule has 1 fully saturated rings. The molecule has 1 atom stereocenters. The third-order valence-corrected chi connectivity index (χ3v) is 4.83. The molecule has 0 saturated carbocycles. The second-order valence-electron chi connectivity index (χ2n) is 6.35. The van der Waals surface area contributed by atoms with E-state index < -0.39 is 12.0 Å². The zero-order valence-electron chi connectivity index (χ0n) is 17.1. The summed E-state index contributed by atoms with van der Waals surface area (Å²) in [7, 11) is 2.99. The van der Waals surface area contributed by atoms with Crippen molar-refractivity contribution in [3.8, 4) is 17.2 Å². The Balaban J connectivity index is 2.25. The van der Waals surface area contributed by atoms with Crippen LogP contribution in [0.3, 0.4) is 0 Å². The van der Waals surface area contributed by atoms with Gasteiger partial charge in [-0.25, -0.2) is 4.79 Å². The number of nitrogens with zero attached hydrogens (tertiary/aromatic N) is 2. The van der Waals surface area contributed by atoms with Crippen LogP contribution < -0.4 is 14.2 Å². The zero-order valence-corrected chi connectivity index (χ0v) is 17.1. The normalized spacial score (nSPS) is 15.6. The van der Waals surface area contributed by atoms with Gasteiger partial charge < -0.3 is 23.8 Å². The van der Waals surface area contributed by atoms with Crippen LogP contribution in [0.5, 0.6) is 17.2 Å². The lowest BCUT2D eigenvalue weighted by atomic mass is 10.1. The Morgan fingerprint density at radius 2 is 1.68 bits per heavy atom. The first kappa shape index (κ1) is 22.0. The van der Waals surface area contributed by atoms with E-state index >= 15 is 0 Å². The zero-order chi connectivity index (χ0) is 20.5. The fourth-order valence-corrected chi connectivity index (χ4v) is 3.21. The molecular weight excluding hydrogens is 364 g/mol. The number of methoxy groups -OCH3 is 2. The van der Waals surface area contributed by atoms with Gasteiger partial charge in [-0.1, -0.05) is 6.07 Å². The molecule has 0 spiro atoms. The molecule has 0 aliphatic carbocycles. The van der Waals surface area contributed by atoms with Crippen LogP contribution in [0.25, 0.3) is 0 Å². The summed E-state index contributed by atoms with van der Waals surface area (Å²) in [5.74, 6) is 0.411. The molecule has 1 aromatic rings. The molecule has 1 aliphatic heterocycles. The van der Waals surface area contributed by atoms with E-state index in [-0.39, 0.29) is 18.1 Å². The minimum absolute atomic E-state index is 0.0535. The Morgan fingerprint density at radius 1 is 1.11 bits per heavy atom. The Kier molecular flexibility index (Phi) is 8.53. The molecule has 0 aromatic heterocycles. The quantitative estimate of drug-likeness (QED) is 0.465. The highest BCUT2D eigenvalue weighted by atomic mass is 16.6. The Labute approximate surface area is 166 Å². The number of ether oxygens (including phenoxy) is 4. The van der Waals surface area contributed by atoms with Crippen LogP contribution in [0.15, 0.2) is 18.2 Å². The fourth-order valence-electron chi connectivity index (χ4n) is 3.21. The van der Waals surface area contributed by atoms with E-state index in [2.05, 4.69) is 0 Å². The van der Waals surface area contributed by atoms with E-state index in [0.29, 0.717) is 50.9 Å². The largest absolute Gasteiger partial charge is 0.493 e. The van der Waals surface area contributed by atoms with E-state index in [4.69, 9.17) is 18.9 Å². The van der Waals surface area contributed by atoms with Crippen molar-refractivity contribution < 1.29 is 28.5 Å². The second-order valence-corrected chi connectivity index (χ2v) is 6.35. The van der Waals surface area contributed by atoms with Gasteiger partial charge in [-0.3, -0.25) is 9.69 Å². The summed E-state index contributed by atoms with van der Waals surface area (Å²) >= 11 is 0. The number of amides is 1. The van der Waals surface area contributed by atoms with Gasteiger partial charge in [0.05, 0.1) is 33.9 Å². The van der Waals surface area contributed by atoms with Gasteiger partial charge in [0, 0.05) is 26.2 Å². The third kappa shape index (κ3) is 5.36. The third-order valence-electron chi connectivity index (χ3n) is 4.83. The molecular formula is C20H30N2O6. The lowest BCUT2D eigenvalue weighted by molar-refractivity contribution is -0.147. The number of benzene rings is 1. The summed E-state index contributed by atoms with van der Waals surface area (Å²) in [5.41, 5.74) is 0. The highest BCUT2D eigenvalue weighted by Crippen LogP contribution is 2.37. The van der Waals surface area contributed by atoms with Gasteiger partial charge in [0.1, 0.15) is 6.04 Å². The van der Waals surface area contributed by atoms with Gasteiger partial charge in [-0.2, -0.15) is 0 Å². The van der Waals surface area contributed by atoms with Crippen LogP contribution >= 0.6 is 0 Å². The number of carbonyl (C=O) groups is 2. The molecule has 1 heterocycles. The van der Waals surface area contributed by atoms with E-state index in [1.54, 1.807) is 23.1 Å². The van der Waals surface area contributed by atoms with Gasteiger partial charge in [-0.15, -0.1) is 0 Å². The molecule has 1 unspecified atom stereocenters. The standard InChI is InChI=1S/C20H30N2O6/c1-5-21(6-2)18(23)14-15(22-10-12-27-13-11-22)20(24)28-19-16(25-3)8-7-9-17(19)26-4/h7-9,15H,5-6,10-14H2,1-4H3. The number of hydrogen-bond donors (Lipinski definition) is 0. The van der Waals surface area contributed by atoms with E-state index in [0.717, 1.165) is 0 Å². The van der Waals surface area contributed by atoms with Crippen molar-refractivity contribution in [2.45, 2.75) is 26.3 Å². The summed E-state index contributed by atoms with van der Waals surface area (Å²) in [5, 5.41) is 0. The van der Waals surface area contributed by atoms with Crippen LogP contribution in [0, 0.1) is 0 Å². The predicted octanol–water partition coefficient (Wildman–Crippen LogP) is 1.57. The number of esters is 1. The molecule has 0 bridgehead atoms. The number of carbonyl (C=O) groups excluding carboxylic acids is 2. The maximum absolute atomic E-state index is 13.1.